The molecule has 1 aliphatic heterocycles. The number of amides is 2. The molecule has 0 bridgehead atoms. The lowest BCUT2D eigenvalue weighted by Gasteiger charge is -2.11. The number of urea groups is 1. The summed E-state index contributed by atoms with van der Waals surface area (Å²) in [5.41, 5.74) is 1.87. The molecule has 17 heavy (non-hydrogen) atoms. The largest absolute Gasteiger partial charge is 0.327 e. The molecule has 1 aliphatic rings. The van der Waals surface area contributed by atoms with Gasteiger partial charge in [-0.25, -0.2) is 4.79 Å². The highest BCUT2D eigenvalue weighted by atomic mass is 32.2. The number of carbonyl (C=O) groups excluding carboxylic acids is 2. The molecule has 0 aliphatic carbocycles. The van der Waals surface area contributed by atoms with E-state index in [1.807, 2.05) is 31.2 Å². The Labute approximate surface area is 104 Å². The number of hydrogen-bond donors (Lipinski definition) is 2. The molecule has 1 atom stereocenters. The number of nitrogens with one attached hydrogen (secondary N) is 2. The summed E-state index contributed by atoms with van der Waals surface area (Å²) in [6.07, 6.45) is 0.713. The molecule has 4 nitrogen and oxygen atoms in total. The maximum Gasteiger partial charge on any atom is 0.319 e. The number of anilines is 1. The smallest absolute Gasteiger partial charge is 0.319 e. The van der Waals surface area contributed by atoms with E-state index in [1.165, 1.54) is 11.8 Å². The molecule has 1 aromatic carbocycles. The number of benzene rings is 1. The predicted octanol–water partition coefficient (Wildman–Crippen LogP) is 2.15. The fourth-order valence-corrected chi connectivity index (χ4v) is 2.52. The minimum Gasteiger partial charge on any atom is -0.327 e. The van der Waals surface area contributed by atoms with Gasteiger partial charge in [0.1, 0.15) is 6.04 Å². The van der Waals surface area contributed by atoms with E-state index in [-0.39, 0.29) is 17.2 Å². The molecule has 0 spiro atoms. The average Bonchev–Trinajstić information content (AvgIpc) is 2.68. The summed E-state index contributed by atoms with van der Waals surface area (Å²) in [7, 11) is 0. The Morgan fingerprint density at radius 2 is 2.06 bits per heavy atom. The normalized spacial score (nSPS) is 19.1. The summed E-state index contributed by atoms with van der Waals surface area (Å²) in [6.45, 7) is 1.98. The lowest BCUT2D eigenvalue weighted by molar-refractivity contribution is -0.112. The van der Waals surface area contributed by atoms with Crippen LogP contribution in [0, 0.1) is 6.92 Å². The predicted molar refractivity (Wildman–Crippen MR) is 69.2 cm³/mol. The Morgan fingerprint density at radius 3 is 2.65 bits per heavy atom. The van der Waals surface area contributed by atoms with Crippen molar-refractivity contribution in [1.82, 2.24) is 5.32 Å². The molecule has 90 valence electrons. The first-order valence-corrected chi connectivity index (χ1v) is 6.44. The highest BCUT2D eigenvalue weighted by Gasteiger charge is 2.26. The first kappa shape index (κ1) is 12.0. The van der Waals surface area contributed by atoms with Crippen LogP contribution in [0.25, 0.3) is 0 Å². The first-order chi connectivity index (χ1) is 8.15. The van der Waals surface area contributed by atoms with Crippen LogP contribution < -0.4 is 10.6 Å². The van der Waals surface area contributed by atoms with Crippen LogP contribution in [0.5, 0.6) is 0 Å². The molecule has 0 aromatic heterocycles. The Bertz CT molecular complexity index is 431. The van der Waals surface area contributed by atoms with Crippen LogP contribution in [0.1, 0.15) is 12.0 Å². The van der Waals surface area contributed by atoms with Crippen LogP contribution in [0.3, 0.4) is 0 Å². The number of thioether (sulfide) groups is 1. The van der Waals surface area contributed by atoms with Gasteiger partial charge in [-0.15, -0.1) is 0 Å². The first-order valence-electron chi connectivity index (χ1n) is 5.46. The van der Waals surface area contributed by atoms with Crippen molar-refractivity contribution in [3.05, 3.63) is 29.8 Å². The van der Waals surface area contributed by atoms with E-state index in [0.29, 0.717) is 6.42 Å². The average molecular weight is 250 g/mol. The fraction of sp³-hybridized carbons (Fsp3) is 0.333. The third kappa shape index (κ3) is 3.23. The second-order valence-electron chi connectivity index (χ2n) is 3.97. The van der Waals surface area contributed by atoms with Gasteiger partial charge in [0.15, 0.2) is 0 Å². The van der Waals surface area contributed by atoms with Gasteiger partial charge in [-0.2, -0.15) is 0 Å². The molecule has 0 saturated carbocycles. The zero-order valence-corrected chi connectivity index (χ0v) is 10.3. The summed E-state index contributed by atoms with van der Waals surface area (Å²) in [6, 6.07) is 6.85. The third-order valence-corrected chi connectivity index (χ3v) is 3.56. The minimum absolute atomic E-state index is 0.0454. The molecule has 2 N–H and O–H groups in total. The highest BCUT2D eigenvalue weighted by molar-refractivity contribution is 8.14. The Balaban J connectivity index is 1.88. The lowest BCUT2D eigenvalue weighted by Crippen LogP contribution is -2.39. The van der Waals surface area contributed by atoms with Gasteiger partial charge in [-0.1, -0.05) is 29.5 Å². The van der Waals surface area contributed by atoms with Crippen molar-refractivity contribution < 1.29 is 9.59 Å². The topological polar surface area (TPSA) is 58.2 Å². The van der Waals surface area contributed by atoms with E-state index < -0.39 is 0 Å². The van der Waals surface area contributed by atoms with Gasteiger partial charge in [0.2, 0.25) is 5.12 Å². The quantitative estimate of drug-likeness (QED) is 0.845. The van der Waals surface area contributed by atoms with E-state index in [4.69, 9.17) is 0 Å². The van der Waals surface area contributed by atoms with Crippen LogP contribution in [-0.2, 0) is 4.79 Å². The van der Waals surface area contributed by atoms with Gasteiger partial charge in [0.05, 0.1) is 0 Å². The fourth-order valence-electron chi connectivity index (χ4n) is 1.59. The van der Waals surface area contributed by atoms with Crippen LogP contribution in [-0.4, -0.2) is 22.9 Å². The molecule has 1 heterocycles. The van der Waals surface area contributed by atoms with Gasteiger partial charge in [0.25, 0.3) is 0 Å². The molecular weight excluding hydrogens is 236 g/mol. The van der Waals surface area contributed by atoms with Crippen LogP contribution >= 0.6 is 11.8 Å². The second kappa shape index (κ2) is 5.23. The van der Waals surface area contributed by atoms with Crippen molar-refractivity contribution in [1.29, 1.82) is 0 Å². The minimum atomic E-state index is -0.342. The van der Waals surface area contributed by atoms with Crippen molar-refractivity contribution in [2.75, 3.05) is 11.1 Å². The molecule has 1 fully saturated rings. The van der Waals surface area contributed by atoms with Crippen molar-refractivity contribution in [3.63, 3.8) is 0 Å². The molecule has 0 unspecified atom stereocenters. The molecule has 2 amide bonds. The van der Waals surface area contributed by atoms with Gasteiger partial charge in [-0.05, 0) is 25.5 Å². The number of aryl methyl sites for hydroxylation is 1. The van der Waals surface area contributed by atoms with Crippen LogP contribution in [0.4, 0.5) is 10.5 Å². The van der Waals surface area contributed by atoms with Crippen molar-refractivity contribution in [3.8, 4) is 0 Å². The Kier molecular flexibility index (Phi) is 3.68. The van der Waals surface area contributed by atoms with Crippen LogP contribution in [0.2, 0.25) is 0 Å². The van der Waals surface area contributed by atoms with E-state index in [2.05, 4.69) is 10.6 Å². The second-order valence-corrected chi connectivity index (χ2v) is 5.07. The van der Waals surface area contributed by atoms with Gasteiger partial charge < -0.3 is 10.6 Å². The van der Waals surface area contributed by atoms with Crippen molar-refractivity contribution in [2.45, 2.75) is 19.4 Å². The monoisotopic (exact) mass is 250 g/mol. The third-order valence-electron chi connectivity index (χ3n) is 2.55. The Hall–Kier alpha value is -1.49. The zero-order valence-electron chi connectivity index (χ0n) is 9.53. The molecule has 1 aromatic rings. The molecule has 0 radical (unpaired) electrons. The van der Waals surface area contributed by atoms with Crippen molar-refractivity contribution in [2.24, 2.45) is 0 Å². The molecule has 5 heteroatoms. The molecule has 1 saturated heterocycles. The zero-order chi connectivity index (χ0) is 12.3. The van der Waals surface area contributed by atoms with Crippen molar-refractivity contribution >= 4 is 28.6 Å². The number of rotatable bonds is 2. The Morgan fingerprint density at radius 1 is 1.35 bits per heavy atom. The SMILES string of the molecule is Cc1ccc(NC(=O)N[C@H]2CCSC2=O)cc1. The van der Waals surface area contributed by atoms with Gasteiger partial charge in [-0.3, -0.25) is 4.79 Å². The van der Waals surface area contributed by atoms with E-state index in [9.17, 15) is 9.59 Å². The summed E-state index contributed by atoms with van der Waals surface area (Å²) in [5, 5.41) is 5.42. The molecule has 2 rings (SSSR count). The van der Waals surface area contributed by atoms with E-state index in [1.54, 1.807) is 0 Å². The highest BCUT2D eigenvalue weighted by Crippen LogP contribution is 2.19. The summed E-state index contributed by atoms with van der Waals surface area (Å²) in [4.78, 5) is 22.9. The number of carbonyl (C=O) groups is 2. The summed E-state index contributed by atoms with van der Waals surface area (Å²) in [5.74, 6) is 0.786. The summed E-state index contributed by atoms with van der Waals surface area (Å²) >= 11 is 1.27. The number of hydrogen-bond acceptors (Lipinski definition) is 3. The van der Waals surface area contributed by atoms with Gasteiger partial charge in [0, 0.05) is 11.4 Å². The van der Waals surface area contributed by atoms with Crippen LogP contribution in [0.15, 0.2) is 24.3 Å². The van der Waals surface area contributed by atoms with Gasteiger partial charge >= 0.3 is 6.03 Å². The maximum absolute atomic E-state index is 11.6. The maximum atomic E-state index is 11.6. The molecular formula is C12H14N2O2S. The van der Waals surface area contributed by atoms with E-state index in [0.717, 1.165) is 17.0 Å². The lowest BCUT2D eigenvalue weighted by atomic mass is 10.2. The standard InChI is InChI=1S/C12H14N2O2S/c1-8-2-4-9(5-3-8)13-12(16)14-10-6-7-17-11(10)15/h2-5,10H,6-7H2,1H3,(H2,13,14,16)/t10-/m0/s1. The van der Waals surface area contributed by atoms with E-state index >= 15 is 0 Å². The summed E-state index contributed by atoms with van der Waals surface area (Å²) < 4.78 is 0.